The van der Waals surface area contributed by atoms with Gasteiger partial charge in [-0.15, -0.1) is 0 Å². The Morgan fingerprint density at radius 2 is 1.16 bits per heavy atom. The fraction of sp³-hybridized carbons (Fsp3) is 0.278. The summed E-state index contributed by atoms with van der Waals surface area (Å²) in [6.07, 6.45) is 1.81. The van der Waals surface area contributed by atoms with E-state index < -0.39 is 93.7 Å². The van der Waals surface area contributed by atoms with Gasteiger partial charge in [-0.1, -0.05) is 11.6 Å². The molecule has 4 amide bonds. The second-order valence-electron chi connectivity index (χ2n) is 12.8. The number of benzene rings is 3. The zero-order chi connectivity index (χ0) is 36.6. The summed E-state index contributed by atoms with van der Waals surface area (Å²) in [7, 11) is 2.70. The molecule has 1 saturated carbocycles. The Morgan fingerprint density at radius 1 is 0.667 bits per heavy atom. The van der Waals surface area contributed by atoms with Crippen LogP contribution in [0.5, 0.6) is 28.7 Å². The predicted octanol–water partition coefficient (Wildman–Crippen LogP) is 3.26. The van der Waals surface area contributed by atoms with E-state index in [0.29, 0.717) is 11.1 Å². The van der Waals surface area contributed by atoms with Gasteiger partial charge < -0.3 is 35.0 Å². The van der Waals surface area contributed by atoms with Crippen LogP contribution in [-0.4, -0.2) is 75.3 Å². The standard InChI is InChI=1S/C36H30N2O13/c1-50-25-11-16(39)12-26(51-2)30(25)28-17-7-8-20-27(33(44)37(31(20)42)14-3-5-18(35(46)47)23(40)9-14)21(17)13-22-29(28)34(45)38(32(22)43)15-4-6-19(36(48)49)24(41)10-15/h3-7,9-12,20-22,27-29,39-41H,8,13H2,1-2H3,(H,46,47)(H,48,49)/t20-,21+,22+,27-,28-,29+/m0/s1. The lowest BCUT2D eigenvalue weighted by atomic mass is 9.57. The summed E-state index contributed by atoms with van der Waals surface area (Å²) >= 11 is 0. The minimum atomic E-state index is -1.41. The molecule has 0 bridgehead atoms. The number of carbonyl (C=O) groups is 6. The van der Waals surface area contributed by atoms with Crippen molar-refractivity contribution in [3.63, 3.8) is 0 Å². The number of aromatic carboxylic acids is 2. The van der Waals surface area contributed by atoms with E-state index in [1.807, 2.05) is 0 Å². The maximum absolute atomic E-state index is 14.4. The smallest absolute Gasteiger partial charge is 0.339 e. The van der Waals surface area contributed by atoms with Crippen LogP contribution in [0, 0.1) is 29.6 Å². The van der Waals surface area contributed by atoms with Crippen molar-refractivity contribution in [3.05, 3.63) is 76.9 Å². The summed E-state index contributed by atoms with van der Waals surface area (Å²) in [5.74, 6) is -12.4. The molecule has 2 aliphatic heterocycles. The Kier molecular flexibility index (Phi) is 7.73. The largest absolute Gasteiger partial charge is 0.508 e. The minimum Gasteiger partial charge on any atom is -0.508 e. The molecule has 7 rings (SSSR count). The van der Waals surface area contributed by atoms with Gasteiger partial charge in [0.25, 0.3) is 0 Å². The van der Waals surface area contributed by atoms with Crippen LogP contribution in [0.3, 0.4) is 0 Å². The average molecular weight is 699 g/mol. The number of ether oxygens (including phenoxy) is 2. The summed E-state index contributed by atoms with van der Waals surface area (Å²) in [5.41, 5.74) is -0.0663. The average Bonchev–Trinajstić information content (AvgIpc) is 3.49. The van der Waals surface area contributed by atoms with E-state index >= 15 is 0 Å². The first-order valence-corrected chi connectivity index (χ1v) is 15.8. The number of allylic oxidation sites excluding steroid dienone is 2. The molecule has 15 nitrogen and oxygen atoms in total. The molecular formula is C36H30N2O13. The number of carboxylic acid groups (broad SMARTS) is 2. The summed E-state index contributed by atoms with van der Waals surface area (Å²) in [5, 5.41) is 50.0. The van der Waals surface area contributed by atoms with Crippen LogP contribution in [-0.2, 0) is 19.2 Å². The molecule has 3 fully saturated rings. The van der Waals surface area contributed by atoms with Crippen molar-refractivity contribution < 1.29 is 63.8 Å². The summed E-state index contributed by atoms with van der Waals surface area (Å²) in [4.78, 5) is 81.7. The fourth-order valence-corrected chi connectivity index (χ4v) is 8.33. The number of imide groups is 2. The van der Waals surface area contributed by atoms with E-state index in [0.717, 1.165) is 34.1 Å². The van der Waals surface area contributed by atoms with Crippen LogP contribution < -0.4 is 19.3 Å². The third-order valence-electron chi connectivity index (χ3n) is 10.4. The van der Waals surface area contributed by atoms with Gasteiger partial charge >= 0.3 is 11.9 Å². The SMILES string of the molecule is COc1cc(O)cc(OC)c1[C@H]1C2=CC[C@@H]3C(=O)N(c4ccc(C(=O)O)c(O)c4)C(=O)[C@@H]3[C@@H]2C[C@H]2C(=O)N(c3ccc(C(=O)O)c(O)c3)C(=O)[C@@H]12. The quantitative estimate of drug-likeness (QED) is 0.177. The van der Waals surface area contributed by atoms with Crippen molar-refractivity contribution in [3.8, 4) is 28.7 Å². The number of nitrogens with zero attached hydrogens (tertiary/aromatic N) is 2. The highest BCUT2D eigenvalue weighted by molar-refractivity contribution is 6.24. The van der Waals surface area contributed by atoms with E-state index in [-0.39, 0.29) is 41.5 Å². The zero-order valence-electron chi connectivity index (χ0n) is 27.0. The van der Waals surface area contributed by atoms with E-state index in [1.165, 1.54) is 38.5 Å². The Hall–Kier alpha value is -6.38. The normalized spacial score (nSPS) is 25.3. The molecule has 6 atom stereocenters. The van der Waals surface area contributed by atoms with Crippen LogP contribution in [0.15, 0.2) is 60.2 Å². The second-order valence-corrected chi connectivity index (χ2v) is 12.8. The molecule has 3 aromatic rings. The first-order valence-electron chi connectivity index (χ1n) is 15.8. The molecule has 15 heteroatoms. The molecule has 2 heterocycles. The number of phenols is 3. The second kappa shape index (κ2) is 11.9. The molecule has 2 saturated heterocycles. The number of hydrogen-bond donors (Lipinski definition) is 5. The van der Waals surface area contributed by atoms with Crippen LogP contribution in [0.1, 0.15) is 45.0 Å². The van der Waals surface area contributed by atoms with E-state index in [4.69, 9.17) is 9.47 Å². The van der Waals surface area contributed by atoms with Gasteiger partial charge in [0.15, 0.2) is 0 Å². The number of carboxylic acids is 2. The van der Waals surface area contributed by atoms with E-state index in [1.54, 1.807) is 6.08 Å². The van der Waals surface area contributed by atoms with Gasteiger partial charge in [-0.3, -0.25) is 19.2 Å². The highest BCUT2D eigenvalue weighted by Crippen LogP contribution is 2.61. The van der Waals surface area contributed by atoms with Gasteiger partial charge in [-0.05, 0) is 43.0 Å². The van der Waals surface area contributed by atoms with Crippen LogP contribution in [0.4, 0.5) is 11.4 Å². The number of phenolic OH excluding ortho intramolecular Hbond substituents is 1. The van der Waals surface area contributed by atoms with Crippen LogP contribution in [0.2, 0.25) is 0 Å². The summed E-state index contributed by atoms with van der Waals surface area (Å²) in [6.45, 7) is 0. The Labute approximate surface area is 288 Å². The summed E-state index contributed by atoms with van der Waals surface area (Å²) < 4.78 is 11.3. The first kappa shape index (κ1) is 33.1. The lowest BCUT2D eigenvalue weighted by molar-refractivity contribution is -0.126. The molecule has 0 unspecified atom stereocenters. The first-order chi connectivity index (χ1) is 24.3. The van der Waals surface area contributed by atoms with Gasteiger partial charge in [-0.25, -0.2) is 19.4 Å². The number of amides is 4. The highest BCUT2D eigenvalue weighted by atomic mass is 16.5. The Morgan fingerprint density at radius 3 is 1.63 bits per heavy atom. The summed E-state index contributed by atoms with van der Waals surface area (Å²) in [6, 6.07) is 9.33. The molecule has 5 N–H and O–H groups in total. The molecule has 0 aromatic heterocycles. The number of anilines is 2. The molecule has 51 heavy (non-hydrogen) atoms. The maximum Gasteiger partial charge on any atom is 0.339 e. The number of rotatable bonds is 7. The van der Waals surface area contributed by atoms with Crippen molar-refractivity contribution in [1.29, 1.82) is 0 Å². The van der Waals surface area contributed by atoms with Gasteiger partial charge in [0.05, 0.1) is 49.3 Å². The number of methoxy groups -OCH3 is 2. The molecule has 0 radical (unpaired) electrons. The van der Waals surface area contributed by atoms with Crippen molar-refractivity contribution in [1.82, 2.24) is 0 Å². The van der Waals surface area contributed by atoms with Gasteiger partial charge in [-0.2, -0.15) is 0 Å². The maximum atomic E-state index is 14.4. The lowest BCUT2D eigenvalue weighted by Crippen LogP contribution is -2.43. The molecule has 3 aromatic carbocycles. The van der Waals surface area contributed by atoms with Crippen molar-refractivity contribution in [2.75, 3.05) is 24.0 Å². The molecule has 0 spiro atoms. The number of carbonyl (C=O) groups excluding carboxylic acids is 4. The van der Waals surface area contributed by atoms with Crippen molar-refractivity contribution in [2.45, 2.75) is 18.8 Å². The van der Waals surface area contributed by atoms with E-state index in [2.05, 4.69) is 0 Å². The predicted molar refractivity (Wildman–Crippen MR) is 174 cm³/mol. The lowest BCUT2D eigenvalue weighted by Gasteiger charge is -2.44. The van der Waals surface area contributed by atoms with Gasteiger partial charge in [0, 0.05) is 35.7 Å². The van der Waals surface area contributed by atoms with Crippen LogP contribution in [0.25, 0.3) is 0 Å². The number of fused-ring (bicyclic) bond motifs is 4. The van der Waals surface area contributed by atoms with E-state index in [9.17, 15) is 54.3 Å². The Bertz CT molecular complexity index is 2100. The molecule has 2 aliphatic carbocycles. The minimum absolute atomic E-state index is 0.0292. The fourth-order valence-electron chi connectivity index (χ4n) is 8.33. The van der Waals surface area contributed by atoms with Crippen molar-refractivity contribution in [2.24, 2.45) is 29.6 Å². The Balaban J connectivity index is 1.36. The molecule has 262 valence electrons. The number of aromatic hydroxyl groups is 3. The number of hydrogen-bond acceptors (Lipinski definition) is 11. The van der Waals surface area contributed by atoms with Gasteiger partial charge in [0.2, 0.25) is 23.6 Å². The highest BCUT2D eigenvalue weighted by Gasteiger charge is 2.63. The third-order valence-corrected chi connectivity index (χ3v) is 10.4. The van der Waals surface area contributed by atoms with Crippen molar-refractivity contribution >= 4 is 46.9 Å². The topological polar surface area (TPSA) is 229 Å². The third kappa shape index (κ3) is 4.87. The molecule has 4 aliphatic rings. The monoisotopic (exact) mass is 698 g/mol. The van der Waals surface area contributed by atoms with Crippen LogP contribution >= 0.6 is 0 Å². The van der Waals surface area contributed by atoms with Gasteiger partial charge in [0.1, 0.15) is 39.9 Å². The molecular weight excluding hydrogens is 668 g/mol. The zero-order valence-corrected chi connectivity index (χ0v) is 27.0.